The number of nitrogens with zero attached hydrogens (tertiary/aromatic N) is 2. The first-order valence-electron chi connectivity index (χ1n) is 8.37. The summed E-state index contributed by atoms with van der Waals surface area (Å²) in [6.07, 6.45) is 3.57. The van der Waals surface area contributed by atoms with Crippen molar-refractivity contribution in [1.29, 1.82) is 0 Å². The van der Waals surface area contributed by atoms with Gasteiger partial charge in [0.2, 0.25) is 0 Å². The van der Waals surface area contributed by atoms with Gasteiger partial charge in [0.15, 0.2) is 6.61 Å². The summed E-state index contributed by atoms with van der Waals surface area (Å²) in [6, 6.07) is 11.8. The first-order chi connectivity index (χ1) is 12.6. The molecule has 0 spiro atoms. The highest BCUT2D eigenvalue weighted by Gasteiger charge is 2.15. The molecule has 26 heavy (non-hydrogen) atoms. The van der Waals surface area contributed by atoms with Crippen molar-refractivity contribution in [3.63, 3.8) is 0 Å². The maximum absolute atomic E-state index is 14.2. The molecule has 2 aromatic carbocycles. The lowest BCUT2D eigenvalue weighted by Crippen LogP contribution is -2.24. The van der Waals surface area contributed by atoms with E-state index in [-0.39, 0.29) is 12.4 Å². The van der Waals surface area contributed by atoms with E-state index in [4.69, 9.17) is 16.3 Å². The van der Waals surface area contributed by atoms with Gasteiger partial charge in [0, 0.05) is 13.1 Å². The van der Waals surface area contributed by atoms with E-state index in [1.807, 2.05) is 4.90 Å². The minimum atomic E-state index is -0.435. The molecule has 1 aliphatic heterocycles. The quantitative estimate of drug-likeness (QED) is 0.620. The van der Waals surface area contributed by atoms with Gasteiger partial charge in [-0.05, 0) is 42.7 Å². The van der Waals surface area contributed by atoms with Crippen LogP contribution in [0.4, 0.5) is 10.1 Å². The van der Waals surface area contributed by atoms with E-state index in [1.165, 1.54) is 12.3 Å². The van der Waals surface area contributed by atoms with E-state index in [2.05, 4.69) is 10.5 Å². The van der Waals surface area contributed by atoms with E-state index in [9.17, 15) is 9.18 Å². The van der Waals surface area contributed by atoms with E-state index in [1.54, 1.807) is 36.4 Å². The highest BCUT2D eigenvalue weighted by Crippen LogP contribution is 2.24. The van der Waals surface area contributed by atoms with Gasteiger partial charge in [0.1, 0.15) is 11.6 Å². The number of hydrazone groups is 1. The van der Waals surface area contributed by atoms with Crippen molar-refractivity contribution in [2.45, 2.75) is 12.8 Å². The summed E-state index contributed by atoms with van der Waals surface area (Å²) < 4.78 is 19.5. The van der Waals surface area contributed by atoms with Gasteiger partial charge < -0.3 is 9.64 Å². The largest absolute Gasteiger partial charge is 0.482 e. The number of ether oxygens (including phenoxy) is 1. The maximum atomic E-state index is 14.2. The molecule has 1 aliphatic rings. The van der Waals surface area contributed by atoms with Crippen LogP contribution in [-0.2, 0) is 4.79 Å². The fraction of sp³-hybridized carbons (Fsp3) is 0.263. The molecule has 1 fully saturated rings. The van der Waals surface area contributed by atoms with Crippen molar-refractivity contribution in [1.82, 2.24) is 5.43 Å². The number of carbonyl (C=O) groups excluding carboxylic acids is 1. The number of hydrogen-bond donors (Lipinski definition) is 1. The number of hydrogen-bond acceptors (Lipinski definition) is 4. The van der Waals surface area contributed by atoms with Gasteiger partial charge in [-0.2, -0.15) is 5.10 Å². The molecule has 136 valence electrons. The molecule has 3 rings (SSSR count). The Labute approximate surface area is 156 Å². The van der Waals surface area contributed by atoms with Crippen molar-refractivity contribution in [3.8, 4) is 5.75 Å². The van der Waals surface area contributed by atoms with Crippen LogP contribution in [-0.4, -0.2) is 31.8 Å². The zero-order valence-electron chi connectivity index (χ0n) is 14.1. The van der Waals surface area contributed by atoms with E-state index in [0.717, 1.165) is 25.9 Å². The SMILES string of the molecule is O=C(COc1ccccc1Cl)N/N=C/c1ccc(N2CCCC2)c(F)c1. The molecular formula is C19H19ClFN3O2. The second-order valence-electron chi connectivity index (χ2n) is 5.92. The summed E-state index contributed by atoms with van der Waals surface area (Å²) in [7, 11) is 0. The number of para-hydroxylation sites is 1. The van der Waals surface area contributed by atoms with Crippen LogP contribution < -0.4 is 15.1 Å². The summed E-state index contributed by atoms with van der Waals surface area (Å²) in [5, 5.41) is 4.25. The number of carbonyl (C=O) groups is 1. The Hall–Kier alpha value is -2.60. The van der Waals surface area contributed by atoms with E-state index < -0.39 is 5.91 Å². The van der Waals surface area contributed by atoms with Crippen molar-refractivity contribution in [2.24, 2.45) is 5.10 Å². The zero-order valence-corrected chi connectivity index (χ0v) is 14.9. The van der Waals surface area contributed by atoms with Crippen LogP contribution in [0.3, 0.4) is 0 Å². The number of benzene rings is 2. The number of rotatable bonds is 6. The standard InChI is InChI=1S/C19H19ClFN3O2/c20-15-5-1-2-6-18(15)26-13-19(25)23-22-12-14-7-8-17(16(21)11-14)24-9-3-4-10-24/h1-2,5-8,11-12H,3-4,9-10,13H2,(H,23,25)/b22-12+. The highest BCUT2D eigenvalue weighted by atomic mass is 35.5. The Morgan fingerprint density at radius 2 is 2.04 bits per heavy atom. The number of amides is 1. The monoisotopic (exact) mass is 375 g/mol. The van der Waals surface area contributed by atoms with Gasteiger partial charge in [-0.3, -0.25) is 4.79 Å². The van der Waals surface area contributed by atoms with Crippen molar-refractivity contribution in [2.75, 3.05) is 24.6 Å². The predicted octanol–water partition coefficient (Wildman–Crippen LogP) is 3.61. The summed E-state index contributed by atoms with van der Waals surface area (Å²) in [5.74, 6) is -0.299. The summed E-state index contributed by atoms with van der Waals surface area (Å²) >= 11 is 5.94. The first kappa shape index (κ1) is 18.2. The third-order valence-corrected chi connectivity index (χ3v) is 4.33. The topological polar surface area (TPSA) is 53.9 Å². The van der Waals surface area contributed by atoms with Crippen molar-refractivity contribution >= 4 is 29.4 Å². The molecule has 0 saturated carbocycles. The Morgan fingerprint density at radius 1 is 1.27 bits per heavy atom. The second-order valence-corrected chi connectivity index (χ2v) is 6.32. The van der Waals surface area contributed by atoms with Gasteiger partial charge in [0.25, 0.3) is 5.91 Å². The van der Waals surface area contributed by atoms with Crippen molar-refractivity contribution < 1.29 is 13.9 Å². The lowest BCUT2D eigenvalue weighted by atomic mass is 10.2. The molecule has 1 heterocycles. The average molecular weight is 376 g/mol. The predicted molar refractivity (Wildman–Crippen MR) is 101 cm³/mol. The van der Waals surface area contributed by atoms with Gasteiger partial charge in [-0.15, -0.1) is 0 Å². The average Bonchev–Trinajstić information content (AvgIpc) is 3.15. The molecule has 5 nitrogen and oxygen atoms in total. The Bertz CT molecular complexity index is 807. The highest BCUT2D eigenvalue weighted by molar-refractivity contribution is 6.32. The molecule has 0 unspecified atom stereocenters. The number of nitrogens with one attached hydrogen (secondary N) is 1. The van der Waals surface area contributed by atoms with Gasteiger partial charge in [0.05, 0.1) is 16.9 Å². The smallest absolute Gasteiger partial charge is 0.277 e. The molecule has 0 radical (unpaired) electrons. The van der Waals surface area contributed by atoms with Crippen LogP contribution in [0.25, 0.3) is 0 Å². The van der Waals surface area contributed by atoms with Crippen LogP contribution in [0.1, 0.15) is 18.4 Å². The Morgan fingerprint density at radius 3 is 2.77 bits per heavy atom. The molecule has 0 atom stereocenters. The normalized spacial score (nSPS) is 14.0. The third kappa shape index (κ3) is 4.73. The van der Waals surface area contributed by atoms with Crippen LogP contribution in [0.5, 0.6) is 5.75 Å². The molecule has 1 saturated heterocycles. The van der Waals surface area contributed by atoms with Crippen LogP contribution in [0.2, 0.25) is 5.02 Å². The molecule has 0 aliphatic carbocycles. The minimum Gasteiger partial charge on any atom is -0.482 e. The molecule has 1 N–H and O–H groups in total. The molecule has 0 bridgehead atoms. The Kier molecular flexibility index (Phi) is 6.07. The summed E-state index contributed by atoms with van der Waals surface area (Å²) in [4.78, 5) is 13.8. The van der Waals surface area contributed by atoms with Gasteiger partial charge >= 0.3 is 0 Å². The lowest BCUT2D eigenvalue weighted by molar-refractivity contribution is -0.123. The number of anilines is 1. The third-order valence-electron chi connectivity index (χ3n) is 4.02. The molecule has 7 heteroatoms. The fourth-order valence-electron chi connectivity index (χ4n) is 2.73. The van der Waals surface area contributed by atoms with Gasteiger partial charge in [-0.1, -0.05) is 29.8 Å². The molecular weight excluding hydrogens is 357 g/mol. The maximum Gasteiger partial charge on any atom is 0.277 e. The van der Waals surface area contributed by atoms with Gasteiger partial charge in [-0.25, -0.2) is 9.82 Å². The molecule has 2 aromatic rings. The zero-order chi connectivity index (χ0) is 18.4. The van der Waals surface area contributed by atoms with Crippen molar-refractivity contribution in [3.05, 3.63) is 58.9 Å². The summed E-state index contributed by atoms with van der Waals surface area (Å²) in [5.41, 5.74) is 3.52. The van der Waals surface area contributed by atoms with Crippen LogP contribution in [0, 0.1) is 5.82 Å². The minimum absolute atomic E-state index is 0.219. The second kappa shape index (κ2) is 8.67. The van der Waals surface area contributed by atoms with E-state index >= 15 is 0 Å². The molecule has 1 amide bonds. The first-order valence-corrected chi connectivity index (χ1v) is 8.75. The fourth-order valence-corrected chi connectivity index (χ4v) is 2.92. The van der Waals surface area contributed by atoms with Crippen LogP contribution >= 0.6 is 11.6 Å². The number of halogens is 2. The summed E-state index contributed by atoms with van der Waals surface area (Å²) in [6.45, 7) is 1.54. The Balaban J connectivity index is 1.51. The van der Waals surface area contributed by atoms with E-state index in [0.29, 0.717) is 22.0 Å². The van der Waals surface area contributed by atoms with Crippen LogP contribution in [0.15, 0.2) is 47.6 Å². The molecule has 0 aromatic heterocycles. The lowest BCUT2D eigenvalue weighted by Gasteiger charge is -2.18.